The molecule has 0 spiro atoms. The second kappa shape index (κ2) is 11.9. The molecular weight excluding hydrogens is 512 g/mol. The summed E-state index contributed by atoms with van der Waals surface area (Å²) in [4.78, 5) is 30.0. The van der Waals surface area contributed by atoms with Crippen LogP contribution in [0.15, 0.2) is 83.8 Å². The number of benzene rings is 3. The Morgan fingerprint density at radius 3 is 2.14 bits per heavy atom. The van der Waals surface area contributed by atoms with E-state index in [9.17, 15) is 18.0 Å². The van der Waals surface area contributed by atoms with Crippen LogP contribution < -0.4 is 10.0 Å². The monoisotopic (exact) mass is 540 g/mol. The number of rotatable bonds is 8. The molecule has 2 N–H and O–H groups in total. The molecule has 1 heterocycles. The molecule has 3 aromatic rings. The molecule has 1 fully saturated rings. The summed E-state index contributed by atoms with van der Waals surface area (Å²) in [5.41, 5.74) is 1.80. The first-order valence-electron chi connectivity index (χ1n) is 11.9. The maximum absolute atomic E-state index is 13.2. The van der Waals surface area contributed by atoms with Gasteiger partial charge < -0.3 is 15.1 Å². The van der Waals surface area contributed by atoms with Crippen LogP contribution in [-0.4, -0.2) is 69.3 Å². The molecule has 0 radical (unpaired) electrons. The molecule has 0 bridgehead atoms. The number of nitrogens with one attached hydrogen (secondary N) is 2. The van der Waals surface area contributed by atoms with Gasteiger partial charge >= 0.3 is 0 Å². The molecule has 0 aromatic heterocycles. The van der Waals surface area contributed by atoms with E-state index in [-0.39, 0.29) is 17.2 Å². The summed E-state index contributed by atoms with van der Waals surface area (Å²) >= 11 is 5.89. The van der Waals surface area contributed by atoms with Gasteiger partial charge in [-0.05, 0) is 67.6 Å². The van der Waals surface area contributed by atoms with Crippen LogP contribution in [0.5, 0.6) is 0 Å². The van der Waals surface area contributed by atoms with Gasteiger partial charge in [-0.3, -0.25) is 9.59 Å². The fraction of sp³-hybridized carbons (Fsp3) is 0.259. The molecule has 2 amide bonds. The van der Waals surface area contributed by atoms with Crippen molar-refractivity contribution in [1.29, 1.82) is 0 Å². The number of piperazine rings is 1. The lowest BCUT2D eigenvalue weighted by molar-refractivity contribution is -0.117. The SMILES string of the molecule is CN1CCN(C(=O)c2ccc(NC(=O)[C@H](Cc3ccccc3)NS(=O)(=O)c3ccc(Cl)cc3)cc2)CC1. The first-order valence-corrected chi connectivity index (χ1v) is 13.8. The van der Waals surface area contributed by atoms with E-state index in [0.29, 0.717) is 29.4 Å². The summed E-state index contributed by atoms with van der Waals surface area (Å²) in [7, 11) is -1.96. The molecule has 0 aliphatic carbocycles. The van der Waals surface area contributed by atoms with Crippen LogP contribution in [0.3, 0.4) is 0 Å². The molecule has 1 saturated heterocycles. The maximum Gasteiger partial charge on any atom is 0.253 e. The zero-order valence-corrected chi connectivity index (χ0v) is 22.0. The molecule has 194 valence electrons. The van der Waals surface area contributed by atoms with Gasteiger partial charge in [0, 0.05) is 42.5 Å². The highest BCUT2D eigenvalue weighted by atomic mass is 35.5. The predicted molar refractivity (Wildman–Crippen MR) is 144 cm³/mol. The Kier molecular flexibility index (Phi) is 8.60. The van der Waals surface area contributed by atoms with Gasteiger partial charge in [-0.15, -0.1) is 0 Å². The van der Waals surface area contributed by atoms with E-state index in [2.05, 4.69) is 14.9 Å². The van der Waals surface area contributed by atoms with Crippen molar-refractivity contribution >= 4 is 39.1 Å². The normalized spacial score (nSPS) is 15.2. The summed E-state index contributed by atoms with van der Waals surface area (Å²) in [5.74, 6) is -0.566. The zero-order valence-electron chi connectivity index (χ0n) is 20.4. The van der Waals surface area contributed by atoms with Gasteiger partial charge in [0.2, 0.25) is 15.9 Å². The second-order valence-corrected chi connectivity index (χ2v) is 11.1. The molecule has 1 atom stereocenters. The first kappa shape index (κ1) is 26.8. The van der Waals surface area contributed by atoms with Crippen molar-refractivity contribution < 1.29 is 18.0 Å². The van der Waals surface area contributed by atoms with Crippen LogP contribution in [0, 0.1) is 0 Å². The average Bonchev–Trinajstić information content (AvgIpc) is 2.89. The highest BCUT2D eigenvalue weighted by Gasteiger charge is 2.27. The largest absolute Gasteiger partial charge is 0.336 e. The van der Waals surface area contributed by atoms with Gasteiger partial charge in [0.05, 0.1) is 4.90 Å². The molecule has 8 nitrogen and oxygen atoms in total. The standard InChI is InChI=1S/C27H29ClN4O4S/c1-31-15-17-32(18-16-31)27(34)21-7-11-23(12-8-21)29-26(33)25(19-20-5-3-2-4-6-20)30-37(35,36)24-13-9-22(28)10-14-24/h2-14,25,30H,15-19H2,1H3,(H,29,33)/t25-/m0/s1. The molecule has 37 heavy (non-hydrogen) atoms. The highest BCUT2D eigenvalue weighted by molar-refractivity contribution is 7.89. The number of hydrogen-bond acceptors (Lipinski definition) is 5. The fourth-order valence-corrected chi connectivity index (χ4v) is 5.35. The van der Waals surface area contributed by atoms with E-state index in [0.717, 1.165) is 18.7 Å². The van der Waals surface area contributed by atoms with Crippen LogP contribution >= 0.6 is 11.6 Å². The van der Waals surface area contributed by atoms with Gasteiger partial charge in [-0.25, -0.2) is 8.42 Å². The quantitative estimate of drug-likeness (QED) is 0.457. The van der Waals surface area contributed by atoms with Crippen LogP contribution in [0.2, 0.25) is 5.02 Å². The van der Waals surface area contributed by atoms with Crippen molar-refractivity contribution in [3.05, 3.63) is 95.0 Å². The number of likely N-dealkylation sites (N-methyl/N-ethyl adjacent to an activating group) is 1. The third kappa shape index (κ3) is 7.17. The van der Waals surface area contributed by atoms with Crippen LogP contribution in [0.1, 0.15) is 15.9 Å². The third-order valence-corrected chi connectivity index (χ3v) is 7.95. The Morgan fingerprint density at radius 2 is 1.51 bits per heavy atom. The van der Waals surface area contributed by atoms with E-state index < -0.39 is 22.0 Å². The lowest BCUT2D eigenvalue weighted by Gasteiger charge is -2.32. The summed E-state index contributed by atoms with van der Waals surface area (Å²) in [6.45, 7) is 2.99. The van der Waals surface area contributed by atoms with Gasteiger partial charge in [0.15, 0.2) is 0 Å². The molecular formula is C27H29ClN4O4S. The average molecular weight is 541 g/mol. The Morgan fingerprint density at radius 1 is 0.892 bits per heavy atom. The van der Waals surface area contributed by atoms with E-state index in [1.165, 1.54) is 24.3 Å². The number of sulfonamides is 1. The number of anilines is 1. The topological polar surface area (TPSA) is 98.8 Å². The first-order chi connectivity index (χ1) is 17.7. The number of nitrogens with zero attached hydrogens (tertiary/aromatic N) is 2. The Balaban J connectivity index is 1.48. The van der Waals surface area contributed by atoms with Crippen molar-refractivity contribution in [3.63, 3.8) is 0 Å². The van der Waals surface area contributed by atoms with Crippen molar-refractivity contribution in [2.45, 2.75) is 17.4 Å². The molecule has 3 aromatic carbocycles. The van der Waals surface area contributed by atoms with Crippen LogP contribution in [-0.2, 0) is 21.2 Å². The fourth-order valence-electron chi connectivity index (χ4n) is 4.02. The summed E-state index contributed by atoms with van der Waals surface area (Å²) in [5, 5.41) is 3.19. The number of hydrogen-bond donors (Lipinski definition) is 2. The zero-order chi connectivity index (χ0) is 26.4. The second-order valence-electron chi connectivity index (χ2n) is 8.98. The van der Waals surface area contributed by atoms with Gasteiger partial charge in [-0.2, -0.15) is 4.72 Å². The lowest BCUT2D eigenvalue weighted by atomic mass is 10.1. The minimum Gasteiger partial charge on any atom is -0.336 e. The van der Waals surface area contributed by atoms with Crippen molar-refractivity contribution in [3.8, 4) is 0 Å². The summed E-state index contributed by atoms with van der Waals surface area (Å²) < 4.78 is 28.5. The van der Waals surface area contributed by atoms with Gasteiger partial charge in [0.1, 0.15) is 6.04 Å². The van der Waals surface area contributed by atoms with Crippen molar-refractivity contribution in [1.82, 2.24) is 14.5 Å². The Bertz CT molecular complexity index is 1330. The molecule has 0 saturated carbocycles. The van der Waals surface area contributed by atoms with E-state index in [1.807, 2.05) is 42.3 Å². The van der Waals surface area contributed by atoms with Crippen molar-refractivity contribution in [2.75, 3.05) is 38.5 Å². The van der Waals surface area contributed by atoms with Gasteiger partial charge in [0.25, 0.3) is 5.91 Å². The Hall–Kier alpha value is -3.24. The predicted octanol–water partition coefficient (Wildman–Crippen LogP) is 3.26. The number of amides is 2. The minimum absolute atomic E-state index is 0.00883. The summed E-state index contributed by atoms with van der Waals surface area (Å²) in [6.07, 6.45) is 0.152. The number of halogens is 1. The van der Waals surface area contributed by atoms with Crippen LogP contribution in [0.4, 0.5) is 5.69 Å². The number of carbonyl (C=O) groups is 2. The molecule has 1 aliphatic rings. The van der Waals surface area contributed by atoms with Gasteiger partial charge in [-0.1, -0.05) is 41.9 Å². The van der Waals surface area contributed by atoms with Crippen LogP contribution in [0.25, 0.3) is 0 Å². The lowest BCUT2D eigenvalue weighted by Crippen LogP contribution is -2.47. The molecule has 4 rings (SSSR count). The van der Waals surface area contributed by atoms with E-state index in [1.54, 1.807) is 24.3 Å². The van der Waals surface area contributed by atoms with E-state index in [4.69, 9.17) is 11.6 Å². The summed E-state index contributed by atoms with van der Waals surface area (Å²) in [6, 6.07) is 20.4. The van der Waals surface area contributed by atoms with E-state index >= 15 is 0 Å². The third-order valence-electron chi connectivity index (χ3n) is 6.21. The maximum atomic E-state index is 13.2. The highest BCUT2D eigenvalue weighted by Crippen LogP contribution is 2.17. The van der Waals surface area contributed by atoms with Crippen molar-refractivity contribution in [2.24, 2.45) is 0 Å². The molecule has 0 unspecified atom stereocenters. The smallest absolute Gasteiger partial charge is 0.253 e. The number of carbonyl (C=O) groups excluding carboxylic acids is 2. The minimum atomic E-state index is -3.99. The Labute approximate surface area is 222 Å². The molecule has 1 aliphatic heterocycles. The molecule has 10 heteroatoms.